The number of benzene rings is 1. The minimum atomic E-state index is -4.51. The van der Waals surface area contributed by atoms with Gasteiger partial charge in [-0.05, 0) is 25.1 Å². The van der Waals surface area contributed by atoms with Crippen molar-refractivity contribution in [3.63, 3.8) is 0 Å². The van der Waals surface area contributed by atoms with E-state index in [9.17, 15) is 22.8 Å². The van der Waals surface area contributed by atoms with Crippen molar-refractivity contribution in [2.75, 3.05) is 25.0 Å². The van der Waals surface area contributed by atoms with Crippen LogP contribution in [0.15, 0.2) is 53.9 Å². The second kappa shape index (κ2) is 10.9. The summed E-state index contributed by atoms with van der Waals surface area (Å²) in [5.74, 6) is -0.111. The number of amides is 3. The first-order chi connectivity index (χ1) is 18.0. The fourth-order valence-corrected chi connectivity index (χ4v) is 3.77. The summed E-state index contributed by atoms with van der Waals surface area (Å²) in [6.45, 7) is 1.29. The van der Waals surface area contributed by atoms with E-state index in [-0.39, 0.29) is 11.9 Å². The normalized spacial score (nSPS) is 15.5. The van der Waals surface area contributed by atoms with Gasteiger partial charge in [-0.3, -0.25) is 9.79 Å². The molecule has 1 fully saturated rings. The maximum Gasteiger partial charge on any atom is 0.405 e. The van der Waals surface area contributed by atoms with E-state index < -0.39 is 24.8 Å². The number of nitrogens with zero attached hydrogens (tertiary/aromatic N) is 5. The molecule has 3 amide bonds. The van der Waals surface area contributed by atoms with E-state index in [4.69, 9.17) is 11.5 Å². The van der Waals surface area contributed by atoms with Gasteiger partial charge in [-0.1, -0.05) is 12.1 Å². The van der Waals surface area contributed by atoms with Crippen LogP contribution in [0.25, 0.3) is 22.5 Å². The summed E-state index contributed by atoms with van der Waals surface area (Å²) >= 11 is 0. The van der Waals surface area contributed by atoms with Crippen LogP contribution in [-0.2, 0) is 4.79 Å². The Labute approximate surface area is 215 Å². The highest BCUT2D eigenvalue weighted by molar-refractivity contribution is 6.10. The Bertz CT molecular complexity index is 1390. The van der Waals surface area contributed by atoms with E-state index >= 15 is 0 Å². The van der Waals surface area contributed by atoms with Crippen LogP contribution in [0.2, 0.25) is 0 Å². The fourth-order valence-electron chi connectivity index (χ4n) is 3.77. The molecular weight excluding hydrogens is 503 g/mol. The van der Waals surface area contributed by atoms with Crippen molar-refractivity contribution in [3.8, 4) is 11.3 Å². The molecule has 1 aromatic carbocycles. The van der Waals surface area contributed by atoms with Gasteiger partial charge >= 0.3 is 12.2 Å². The van der Waals surface area contributed by atoms with Gasteiger partial charge in [0.25, 0.3) is 0 Å². The number of hydrogen-bond acceptors (Lipinski definition) is 7. The van der Waals surface area contributed by atoms with E-state index in [0.717, 1.165) is 0 Å². The summed E-state index contributed by atoms with van der Waals surface area (Å²) in [5, 5.41) is 8.57. The number of halogens is 3. The Morgan fingerprint density at radius 2 is 2.03 bits per heavy atom. The number of alkyl halides is 3. The predicted molar refractivity (Wildman–Crippen MR) is 136 cm³/mol. The molecule has 6 N–H and O–H groups in total. The second-order valence-corrected chi connectivity index (χ2v) is 8.74. The number of carbonyl (C=O) groups excluding carboxylic acids is 2. The molecule has 2 aromatic heterocycles. The minimum Gasteiger partial charge on any atom is -0.404 e. The van der Waals surface area contributed by atoms with Crippen LogP contribution in [0.5, 0.6) is 0 Å². The maximum atomic E-state index is 12.4. The molecule has 4 rings (SSSR count). The number of nitrogens with one attached hydrogen (secondary N) is 2. The van der Waals surface area contributed by atoms with Crippen molar-refractivity contribution in [2.24, 2.45) is 16.5 Å². The van der Waals surface area contributed by atoms with E-state index in [2.05, 4.69) is 20.4 Å². The number of nitrogens with two attached hydrogens (primary N) is 2. The Morgan fingerprint density at radius 3 is 2.71 bits per heavy atom. The van der Waals surface area contributed by atoms with Crippen LogP contribution in [-0.4, -0.2) is 75.5 Å². The number of anilines is 1. The first kappa shape index (κ1) is 26.6. The Balaban J connectivity index is 1.48. The van der Waals surface area contributed by atoms with Crippen LogP contribution in [0.4, 0.5) is 23.7 Å². The zero-order valence-electron chi connectivity index (χ0n) is 20.3. The van der Waals surface area contributed by atoms with Crippen molar-refractivity contribution in [3.05, 3.63) is 54.5 Å². The molecule has 1 aliphatic heterocycles. The molecule has 0 radical (unpaired) electrons. The van der Waals surface area contributed by atoms with E-state index in [1.54, 1.807) is 64.4 Å². The van der Waals surface area contributed by atoms with Gasteiger partial charge in [-0.15, -0.1) is 0 Å². The highest BCUT2D eigenvalue weighted by Crippen LogP contribution is 2.24. The number of likely N-dealkylation sites (tertiary alicyclic amines) is 1. The van der Waals surface area contributed by atoms with Gasteiger partial charge < -0.3 is 27.0 Å². The van der Waals surface area contributed by atoms with Crippen LogP contribution in [0, 0.1) is 0 Å². The summed E-state index contributed by atoms with van der Waals surface area (Å²) in [6, 6.07) is 6.71. The first-order valence-electron chi connectivity index (χ1n) is 11.6. The lowest BCUT2D eigenvalue weighted by Crippen LogP contribution is -2.59. The third-order valence-electron chi connectivity index (χ3n) is 5.76. The van der Waals surface area contributed by atoms with Gasteiger partial charge in [0, 0.05) is 53.9 Å². The number of allylic oxidation sites excluding steroid dienone is 1. The average molecular weight is 530 g/mol. The molecule has 3 aromatic rings. The molecule has 1 atom stereocenters. The van der Waals surface area contributed by atoms with E-state index in [1.807, 2.05) is 0 Å². The monoisotopic (exact) mass is 529 g/mol. The van der Waals surface area contributed by atoms with E-state index in [1.165, 1.54) is 12.4 Å². The number of fused-ring (bicyclic) bond motifs is 1. The number of rotatable bonds is 7. The second-order valence-electron chi connectivity index (χ2n) is 8.74. The largest absolute Gasteiger partial charge is 0.405 e. The Kier molecular flexibility index (Phi) is 7.62. The number of hydrogen-bond donors (Lipinski definition) is 4. The molecule has 38 heavy (non-hydrogen) atoms. The van der Waals surface area contributed by atoms with Crippen molar-refractivity contribution in [2.45, 2.75) is 25.2 Å². The zero-order chi connectivity index (χ0) is 27.4. The predicted octanol–water partition coefficient (Wildman–Crippen LogP) is 2.01. The summed E-state index contributed by atoms with van der Waals surface area (Å²) in [4.78, 5) is 34.5. The third kappa shape index (κ3) is 6.26. The number of aliphatic imine (C=N–C) groups is 1. The van der Waals surface area contributed by atoms with Crippen molar-refractivity contribution in [1.82, 2.24) is 24.8 Å². The molecule has 1 unspecified atom stereocenters. The molecule has 3 heterocycles. The highest BCUT2D eigenvalue weighted by Gasteiger charge is 2.30. The number of imidazole rings is 1. The van der Waals surface area contributed by atoms with Crippen LogP contribution in [0.3, 0.4) is 0 Å². The fraction of sp³-hybridized carbons (Fsp3) is 0.292. The van der Waals surface area contributed by atoms with Gasteiger partial charge in [0.15, 0.2) is 5.65 Å². The molecule has 0 aliphatic carbocycles. The molecule has 1 aliphatic rings. The lowest BCUT2D eigenvalue weighted by Gasteiger charge is -2.37. The van der Waals surface area contributed by atoms with Crippen LogP contribution >= 0.6 is 0 Å². The lowest BCUT2D eigenvalue weighted by atomic mass is 10.1. The lowest BCUT2D eigenvalue weighted by molar-refractivity contribution is -0.136. The van der Waals surface area contributed by atoms with Gasteiger partial charge in [-0.25, -0.2) is 14.3 Å². The standard InChI is InChI=1S/C24H26F3N9O2/c1-14(22(37)35-11-18(29)12-35)30-8-17(7-28)16-6-21-31-10-20(36(21)33-9-16)15-3-2-4-19(5-15)34-23(38)32-13-24(25,26)27/h2-10,14,18H,11-13,28-29H2,1H3,(H2,32,34,38). The number of urea groups is 1. The molecule has 11 nitrogen and oxygen atoms in total. The zero-order valence-corrected chi connectivity index (χ0v) is 20.3. The topological polar surface area (TPSA) is 156 Å². The molecule has 14 heteroatoms. The molecule has 0 saturated carbocycles. The van der Waals surface area contributed by atoms with Gasteiger partial charge in [0.1, 0.15) is 12.6 Å². The van der Waals surface area contributed by atoms with Crippen LogP contribution < -0.4 is 22.1 Å². The molecule has 200 valence electrons. The Morgan fingerprint density at radius 1 is 1.26 bits per heavy atom. The van der Waals surface area contributed by atoms with Gasteiger partial charge in [0.2, 0.25) is 5.91 Å². The van der Waals surface area contributed by atoms with Crippen molar-refractivity contribution < 1.29 is 22.8 Å². The maximum absolute atomic E-state index is 12.4. The Hall–Kier alpha value is -4.46. The first-order valence-corrected chi connectivity index (χ1v) is 11.6. The molecule has 0 bridgehead atoms. The number of aromatic nitrogens is 3. The van der Waals surface area contributed by atoms with Gasteiger partial charge in [-0.2, -0.15) is 18.3 Å². The molecular formula is C24H26F3N9O2. The molecule has 0 spiro atoms. The quantitative estimate of drug-likeness (QED) is 0.343. The summed E-state index contributed by atoms with van der Waals surface area (Å²) < 4.78 is 38.5. The smallest absolute Gasteiger partial charge is 0.404 e. The third-order valence-corrected chi connectivity index (χ3v) is 5.76. The van der Waals surface area contributed by atoms with E-state index in [0.29, 0.717) is 46.8 Å². The summed E-state index contributed by atoms with van der Waals surface area (Å²) in [5.41, 5.74) is 14.7. The minimum absolute atomic E-state index is 0.00775. The number of carbonyl (C=O) groups is 2. The average Bonchev–Trinajstić information content (AvgIpc) is 3.28. The summed E-state index contributed by atoms with van der Waals surface area (Å²) in [7, 11) is 0. The highest BCUT2D eigenvalue weighted by atomic mass is 19.4. The van der Waals surface area contributed by atoms with Crippen molar-refractivity contribution in [1.29, 1.82) is 0 Å². The SMILES string of the molecule is CC(N=CC(=CN)c1cnn2c(-c3cccc(NC(=O)NCC(F)(F)F)c3)cnc2c1)C(=O)N1CC(N)C1. The van der Waals surface area contributed by atoms with Gasteiger partial charge in [0.05, 0.1) is 18.1 Å². The summed E-state index contributed by atoms with van der Waals surface area (Å²) in [6.07, 6.45) is 1.50. The molecule has 1 saturated heterocycles. The van der Waals surface area contributed by atoms with Crippen molar-refractivity contribution >= 4 is 35.1 Å². The van der Waals surface area contributed by atoms with Crippen LogP contribution in [0.1, 0.15) is 12.5 Å².